The van der Waals surface area contributed by atoms with Crippen LogP contribution < -0.4 is 5.32 Å². The van der Waals surface area contributed by atoms with Gasteiger partial charge in [0.25, 0.3) is 0 Å². The zero-order chi connectivity index (χ0) is 10.3. The maximum atomic E-state index is 9.06. The van der Waals surface area contributed by atoms with Gasteiger partial charge in [0.05, 0.1) is 12.7 Å². The highest BCUT2D eigenvalue weighted by molar-refractivity contribution is 4.65. The molecular formula is C9H22N2O2. The minimum Gasteiger partial charge on any atom is -0.394 e. The zero-order valence-corrected chi connectivity index (χ0v) is 8.82. The Labute approximate surface area is 80.6 Å². The molecule has 2 atom stereocenters. The molecule has 0 aromatic heterocycles. The molecule has 0 aliphatic carbocycles. The second-order valence-electron chi connectivity index (χ2n) is 3.74. The van der Waals surface area contributed by atoms with E-state index in [4.69, 9.17) is 10.2 Å². The van der Waals surface area contributed by atoms with Crippen LogP contribution in [0.1, 0.15) is 13.3 Å². The fourth-order valence-electron chi connectivity index (χ4n) is 0.956. The third-order valence-electron chi connectivity index (χ3n) is 1.92. The number of nitrogens with zero attached hydrogens (tertiary/aromatic N) is 1. The minimum absolute atomic E-state index is 0.173. The summed E-state index contributed by atoms with van der Waals surface area (Å²) in [7, 11) is 4.07. The van der Waals surface area contributed by atoms with Crippen molar-refractivity contribution in [3.63, 3.8) is 0 Å². The lowest BCUT2D eigenvalue weighted by molar-refractivity contribution is 0.0918. The molecule has 4 heteroatoms. The van der Waals surface area contributed by atoms with E-state index in [0.29, 0.717) is 12.6 Å². The molecule has 0 saturated carbocycles. The Balaban J connectivity index is 3.34. The molecule has 0 aromatic carbocycles. The van der Waals surface area contributed by atoms with E-state index in [-0.39, 0.29) is 6.61 Å². The average molecular weight is 190 g/mol. The van der Waals surface area contributed by atoms with E-state index >= 15 is 0 Å². The SMILES string of the molecule is CC(CCN(C)C)NC[C@H](O)CO. The highest BCUT2D eigenvalue weighted by atomic mass is 16.3. The fourth-order valence-corrected chi connectivity index (χ4v) is 0.956. The first-order valence-corrected chi connectivity index (χ1v) is 4.73. The molecule has 4 nitrogen and oxygen atoms in total. The number of hydrogen-bond acceptors (Lipinski definition) is 4. The number of nitrogens with one attached hydrogen (secondary N) is 1. The molecule has 13 heavy (non-hydrogen) atoms. The van der Waals surface area contributed by atoms with Gasteiger partial charge in [0.2, 0.25) is 0 Å². The summed E-state index contributed by atoms with van der Waals surface area (Å²) in [5.41, 5.74) is 0. The normalized spacial score (nSPS) is 16.2. The van der Waals surface area contributed by atoms with E-state index in [0.717, 1.165) is 13.0 Å². The Morgan fingerprint density at radius 3 is 2.46 bits per heavy atom. The molecule has 0 spiro atoms. The summed E-state index contributed by atoms with van der Waals surface area (Å²) in [6.07, 6.45) is 0.410. The van der Waals surface area contributed by atoms with Crippen molar-refractivity contribution in [2.45, 2.75) is 25.5 Å². The molecule has 80 valence electrons. The minimum atomic E-state index is -0.637. The van der Waals surface area contributed by atoms with Crippen LogP contribution in [0.3, 0.4) is 0 Å². The summed E-state index contributed by atoms with van der Waals surface area (Å²) in [6.45, 7) is 3.40. The summed E-state index contributed by atoms with van der Waals surface area (Å²) in [5, 5.41) is 20.8. The number of aliphatic hydroxyl groups is 2. The van der Waals surface area contributed by atoms with Gasteiger partial charge in [-0.05, 0) is 34.0 Å². The maximum absolute atomic E-state index is 9.06. The van der Waals surface area contributed by atoms with Crippen LogP contribution in [0.4, 0.5) is 0 Å². The number of hydrogen-bond donors (Lipinski definition) is 3. The molecule has 0 fully saturated rings. The molecule has 0 radical (unpaired) electrons. The van der Waals surface area contributed by atoms with Crippen LogP contribution in [0.15, 0.2) is 0 Å². The lowest BCUT2D eigenvalue weighted by Crippen LogP contribution is -2.36. The predicted octanol–water partition coefficient (Wildman–Crippen LogP) is -0.731. The molecule has 0 amide bonds. The first-order chi connectivity index (χ1) is 6.06. The molecule has 0 aromatic rings. The Kier molecular flexibility index (Phi) is 7.17. The Morgan fingerprint density at radius 1 is 1.38 bits per heavy atom. The maximum Gasteiger partial charge on any atom is 0.0895 e. The van der Waals surface area contributed by atoms with E-state index in [9.17, 15) is 0 Å². The second-order valence-corrected chi connectivity index (χ2v) is 3.74. The van der Waals surface area contributed by atoms with Gasteiger partial charge in [-0.25, -0.2) is 0 Å². The third-order valence-corrected chi connectivity index (χ3v) is 1.92. The van der Waals surface area contributed by atoms with Crippen molar-refractivity contribution in [3.8, 4) is 0 Å². The van der Waals surface area contributed by atoms with Crippen molar-refractivity contribution in [2.75, 3.05) is 33.8 Å². The Morgan fingerprint density at radius 2 is 2.00 bits per heavy atom. The van der Waals surface area contributed by atoms with Gasteiger partial charge in [-0.1, -0.05) is 0 Å². The molecule has 3 N–H and O–H groups in total. The molecule has 0 bridgehead atoms. The van der Waals surface area contributed by atoms with Crippen LogP contribution in [-0.2, 0) is 0 Å². The predicted molar refractivity (Wildman–Crippen MR) is 53.7 cm³/mol. The second kappa shape index (κ2) is 7.26. The van der Waals surface area contributed by atoms with Gasteiger partial charge in [0, 0.05) is 12.6 Å². The van der Waals surface area contributed by atoms with Crippen LogP contribution in [0.2, 0.25) is 0 Å². The van der Waals surface area contributed by atoms with Crippen LogP contribution in [0, 0.1) is 0 Å². The molecule has 0 saturated heterocycles. The number of aliphatic hydroxyl groups excluding tert-OH is 2. The Hall–Kier alpha value is -0.160. The van der Waals surface area contributed by atoms with Crippen molar-refractivity contribution < 1.29 is 10.2 Å². The standard InChI is InChI=1S/C9H22N2O2/c1-8(4-5-11(2)3)10-6-9(13)7-12/h8-10,12-13H,4-7H2,1-3H3/t8?,9-/m0/s1. The highest BCUT2D eigenvalue weighted by Gasteiger charge is 2.05. The van der Waals surface area contributed by atoms with Gasteiger partial charge < -0.3 is 20.4 Å². The van der Waals surface area contributed by atoms with Crippen molar-refractivity contribution in [1.29, 1.82) is 0 Å². The molecule has 1 unspecified atom stereocenters. The van der Waals surface area contributed by atoms with E-state index in [1.54, 1.807) is 0 Å². The van der Waals surface area contributed by atoms with Crippen molar-refractivity contribution in [1.82, 2.24) is 10.2 Å². The van der Waals surface area contributed by atoms with Gasteiger partial charge in [-0.15, -0.1) is 0 Å². The van der Waals surface area contributed by atoms with Crippen molar-refractivity contribution in [3.05, 3.63) is 0 Å². The summed E-state index contributed by atoms with van der Waals surface area (Å²) in [6, 6.07) is 0.378. The van der Waals surface area contributed by atoms with E-state index in [1.807, 2.05) is 14.1 Å². The van der Waals surface area contributed by atoms with E-state index < -0.39 is 6.10 Å². The summed E-state index contributed by atoms with van der Waals surface area (Å²) in [4.78, 5) is 2.13. The van der Waals surface area contributed by atoms with Crippen LogP contribution in [-0.4, -0.2) is 61.1 Å². The largest absolute Gasteiger partial charge is 0.394 e. The molecule has 0 aliphatic heterocycles. The van der Waals surface area contributed by atoms with Crippen molar-refractivity contribution in [2.24, 2.45) is 0 Å². The van der Waals surface area contributed by atoms with Gasteiger partial charge in [-0.2, -0.15) is 0 Å². The van der Waals surface area contributed by atoms with Gasteiger partial charge in [0.1, 0.15) is 0 Å². The molecule has 0 aliphatic rings. The third kappa shape index (κ3) is 8.18. The quantitative estimate of drug-likeness (QED) is 0.495. The summed E-state index contributed by atoms with van der Waals surface area (Å²) < 4.78 is 0. The summed E-state index contributed by atoms with van der Waals surface area (Å²) >= 11 is 0. The molecule has 0 heterocycles. The van der Waals surface area contributed by atoms with Gasteiger partial charge >= 0.3 is 0 Å². The topological polar surface area (TPSA) is 55.7 Å². The number of rotatable bonds is 7. The molecular weight excluding hydrogens is 168 g/mol. The first-order valence-electron chi connectivity index (χ1n) is 4.73. The van der Waals surface area contributed by atoms with E-state index in [1.165, 1.54) is 0 Å². The first kappa shape index (κ1) is 12.8. The monoisotopic (exact) mass is 190 g/mol. The van der Waals surface area contributed by atoms with Crippen LogP contribution in [0.5, 0.6) is 0 Å². The fraction of sp³-hybridized carbons (Fsp3) is 1.00. The average Bonchev–Trinajstić information content (AvgIpc) is 2.10. The Bertz CT molecular complexity index is 120. The van der Waals surface area contributed by atoms with Crippen LogP contribution in [0.25, 0.3) is 0 Å². The van der Waals surface area contributed by atoms with Crippen molar-refractivity contribution >= 4 is 0 Å². The van der Waals surface area contributed by atoms with Gasteiger partial charge in [-0.3, -0.25) is 0 Å². The lowest BCUT2D eigenvalue weighted by Gasteiger charge is -2.17. The van der Waals surface area contributed by atoms with Gasteiger partial charge in [0.15, 0.2) is 0 Å². The molecule has 0 rings (SSSR count). The summed E-state index contributed by atoms with van der Waals surface area (Å²) in [5.74, 6) is 0. The van der Waals surface area contributed by atoms with E-state index in [2.05, 4.69) is 17.1 Å². The lowest BCUT2D eigenvalue weighted by atomic mass is 10.2. The highest BCUT2D eigenvalue weighted by Crippen LogP contribution is 1.92. The smallest absolute Gasteiger partial charge is 0.0895 e. The van der Waals surface area contributed by atoms with Crippen LogP contribution >= 0.6 is 0 Å². The zero-order valence-electron chi connectivity index (χ0n) is 8.82.